The van der Waals surface area contributed by atoms with Crippen LogP contribution in [0.1, 0.15) is 38.9 Å². The molecule has 0 aliphatic rings. The first kappa shape index (κ1) is 20.0. The van der Waals surface area contributed by atoms with Gasteiger partial charge in [-0.2, -0.15) is 0 Å². The SMILES string of the molecule is CCOC(=O)c1ccccc1Nc1nccc(C(=O)Nc2ccc(C)cc2C)n1. The van der Waals surface area contributed by atoms with E-state index in [4.69, 9.17) is 4.74 Å². The number of nitrogens with zero attached hydrogens (tertiary/aromatic N) is 2. The molecule has 2 aromatic carbocycles. The highest BCUT2D eigenvalue weighted by Crippen LogP contribution is 2.20. The van der Waals surface area contributed by atoms with Gasteiger partial charge in [0, 0.05) is 11.9 Å². The average Bonchev–Trinajstić information content (AvgIpc) is 2.71. The molecule has 0 aliphatic heterocycles. The molecule has 1 aromatic heterocycles. The maximum atomic E-state index is 12.6. The molecule has 1 heterocycles. The molecule has 3 aromatic rings. The highest BCUT2D eigenvalue weighted by atomic mass is 16.5. The van der Waals surface area contributed by atoms with Crippen LogP contribution >= 0.6 is 0 Å². The van der Waals surface area contributed by atoms with Crippen molar-refractivity contribution in [3.05, 3.63) is 77.1 Å². The number of nitrogens with one attached hydrogen (secondary N) is 2. The third-order valence-corrected chi connectivity index (χ3v) is 4.19. The van der Waals surface area contributed by atoms with Crippen LogP contribution in [0, 0.1) is 13.8 Å². The number of hydrogen-bond donors (Lipinski definition) is 2. The number of benzene rings is 2. The molecule has 3 rings (SSSR count). The van der Waals surface area contributed by atoms with Crippen molar-refractivity contribution in [2.75, 3.05) is 17.2 Å². The molecule has 0 unspecified atom stereocenters. The van der Waals surface area contributed by atoms with Crippen LogP contribution < -0.4 is 10.6 Å². The summed E-state index contributed by atoms with van der Waals surface area (Å²) in [5, 5.41) is 5.85. The molecule has 7 heteroatoms. The van der Waals surface area contributed by atoms with Gasteiger partial charge in [-0.1, -0.05) is 29.8 Å². The van der Waals surface area contributed by atoms with Gasteiger partial charge < -0.3 is 15.4 Å². The standard InChI is InChI=1S/C22H22N4O3/c1-4-29-21(28)16-7-5-6-8-18(16)25-22-23-12-11-19(26-22)20(27)24-17-10-9-14(2)13-15(17)3/h5-13H,4H2,1-3H3,(H,24,27)(H,23,25,26). The molecular weight excluding hydrogens is 368 g/mol. The third-order valence-electron chi connectivity index (χ3n) is 4.19. The van der Waals surface area contributed by atoms with E-state index < -0.39 is 5.97 Å². The van der Waals surface area contributed by atoms with Crippen molar-refractivity contribution in [3.8, 4) is 0 Å². The number of esters is 1. The lowest BCUT2D eigenvalue weighted by atomic mass is 10.1. The summed E-state index contributed by atoms with van der Waals surface area (Å²) in [5.41, 5.74) is 3.88. The minimum absolute atomic E-state index is 0.204. The van der Waals surface area contributed by atoms with Gasteiger partial charge in [0.15, 0.2) is 0 Å². The summed E-state index contributed by atoms with van der Waals surface area (Å²) >= 11 is 0. The van der Waals surface area contributed by atoms with E-state index in [9.17, 15) is 9.59 Å². The normalized spacial score (nSPS) is 10.3. The highest BCUT2D eigenvalue weighted by molar-refractivity contribution is 6.03. The van der Waals surface area contributed by atoms with E-state index in [2.05, 4.69) is 20.6 Å². The summed E-state index contributed by atoms with van der Waals surface area (Å²) in [6.45, 7) is 5.95. The fourth-order valence-corrected chi connectivity index (χ4v) is 2.78. The molecule has 0 aliphatic carbocycles. The summed E-state index contributed by atoms with van der Waals surface area (Å²) in [4.78, 5) is 33.2. The fraction of sp³-hybridized carbons (Fsp3) is 0.182. The maximum Gasteiger partial charge on any atom is 0.340 e. The Balaban J connectivity index is 1.80. The number of amides is 1. The van der Waals surface area contributed by atoms with Crippen LogP contribution in [0.25, 0.3) is 0 Å². The number of para-hydroxylation sites is 1. The number of hydrogen-bond acceptors (Lipinski definition) is 6. The van der Waals surface area contributed by atoms with Crippen LogP contribution in [0.4, 0.5) is 17.3 Å². The Hall–Kier alpha value is -3.74. The van der Waals surface area contributed by atoms with Gasteiger partial charge in [-0.25, -0.2) is 14.8 Å². The van der Waals surface area contributed by atoms with Crippen molar-refractivity contribution in [3.63, 3.8) is 0 Å². The summed E-state index contributed by atoms with van der Waals surface area (Å²) in [5.74, 6) is -0.588. The van der Waals surface area contributed by atoms with Crippen molar-refractivity contribution in [2.45, 2.75) is 20.8 Å². The predicted molar refractivity (Wildman–Crippen MR) is 112 cm³/mol. The van der Waals surface area contributed by atoms with Crippen LogP contribution in [0.2, 0.25) is 0 Å². The molecule has 0 spiro atoms. The van der Waals surface area contributed by atoms with Crippen LogP contribution in [0.15, 0.2) is 54.7 Å². The largest absolute Gasteiger partial charge is 0.462 e. The second-order valence-corrected chi connectivity index (χ2v) is 6.43. The quantitative estimate of drug-likeness (QED) is 0.611. The van der Waals surface area contributed by atoms with E-state index in [1.165, 1.54) is 12.3 Å². The molecular formula is C22H22N4O3. The van der Waals surface area contributed by atoms with E-state index in [0.29, 0.717) is 11.3 Å². The van der Waals surface area contributed by atoms with Gasteiger partial charge in [0.2, 0.25) is 5.95 Å². The molecule has 2 N–H and O–H groups in total. The molecule has 0 fully saturated rings. The Morgan fingerprint density at radius 2 is 1.83 bits per heavy atom. The van der Waals surface area contributed by atoms with E-state index in [0.717, 1.165) is 16.8 Å². The van der Waals surface area contributed by atoms with Gasteiger partial charge in [0.25, 0.3) is 5.91 Å². The van der Waals surface area contributed by atoms with Crippen LogP contribution in [-0.4, -0.2) is 28.5 Å². The second kappa shape index (κ2) is 8.97. The first-order valence-corrected chi connectivity index (χ1v) is 9.22. The summed E-state index contributed by atoms with van der Waals surface area (Å²) in [6, 6.07) is 14.2. The van der Waals surface area contributed by atoms with E-state index in [1.807, 2.05) is 32.0 Å². The smallest absolute Gasteiger partial charge is 0.340 e. The monoisotopic (exact) mass is 390 g/mol. The van der Waals surface area contributed by atoms with Crippen molar-refractivity contribution in [2.24, 2.45) is 0 Å². The first-order valence-electron chi connectivity index (χ1n) is 9.22. The van der Waals surface area contributed by atoms with Crippen molar-refractivity contribution < 1.29 is 14.3 Å². The lowest BCUT2D eigenvalue weighted by Crippen LogP contribution is -2.16. The fourth-order valence-electron chi connectivity index (χ4n) is 2.78. The highest BCUT2D eigenvalue weighted by Gasteiger charge is 2.14. The Kier molecular flexibility index (Phi) is 6.19. The minimum atomic E-state index is -0.445. The zero-order valence-electron chi connectivity index (χ0n) is 16.5. The molecule has 7 nitrogen and oxygen atoms in total. The van der Waals surface area contributed by atoms with E-state index >= 15 is 0 Å². The Morgan fingerprint density at radius 1 is 1.03 bits per heavy atom. The van der Waals surface area contributed by atoms with Gasteiger partial charge in [0.1, 0.15) is 5.69 Å². The summed E-state index contributed by atoms with van der Waals surface area (Å²) < 4.78 is 5.07. The molecule has 0 saturated carbocycles. The van der Waals surface area contributed by atoms with Crippen LogP contribution in [-0.2, 0) is 4.74 Å². The topological polar surface area (TPSA) is 93.2 Å². The van der Waals surface area contributed by atoms with Crippen molar-refractivity contribution in [1.29, 1.82) is 0 Å². The molecule has 0 radical (unpaired) electrons. The zero-order chi connectivity index (χ0) is 20.8. The number of aromatic nitrogens is 2. The third kappa shape index (κ3) is 4.95. The van der Waals surface area contributed by atoms with Crippen molar-refractivity contribution in [1.82, 2.24) is 9.97 Å². The maximum absolute atomic E-state index is 12.6. The number of ether oxygens (including phenoxy) is 1. The molecule has 0 saturated heterocycles. The number of carbonyl (C=O) groups excluding carboxylic acids is 2. The molecule has 1 amide bonds. The number of rotatable bonds is 6. The Labute approximate surface area is 169 Å². The molecule has 29 heavy (non-hydrogen) atoms. The van der Waals surface area contributed by atoms with E-state index in [-0.39, 0.29) is 24.2 Å². The zero-order valence-corrected chi connectivity index (χ0v) is 16.5. The first-order chi connectivity index (χ1) is 14.0. The summed E-state index contributed by atoms with van der Waals surface area (Å²) in [7, 11) is 0. The lowest BCUT2D eigenvalue weighted by Gasteiger charge is -2.11. The van der Waals surface area contributed by atoms with Crippen molar-refractivity contribution >= 4 is 29.2 Å². The van der Waals surface area contributed by atoms with Gasteiger partial charge >= 0.3 is 5.97 Å². The van der Waals surface area contributed by atoms with Crippen LogP contribution in [0.3, 0.4) is 0 Å². The van der Waals surface area contributed by atoms with Gasteiger partial charge in [0.05, 0.1) is 17.9 Å². The second-order valence-electron chi connectivity index (χ2n) is 6.43. The predicted octanol–water partition coefficient (Wildman–Crippen LogP) is 4.27. The number of anilines is 3. The number of aryl methyl sites for hydroxylation is 2. The molecule has 0 atom stereocenters. The number of carbonyl (C=O) groups is 2. The van der Waals surface area contributed by atoms with Gasteiger partial charge in [-0.05, 0) is 50.6 Å². The summed E-state index contributed by atoms with van der Waals surface area (Å²) in [6.07, 6.45) is 1.49. The Bertz CT molecular complexity index is 1050. The van der Waals surface area contributed by atoms with Gasteiger partial charge in [-0.3, -0.25) is 4.79 Å². The van der Waals surface area contributed by atoms with Crippen LogP contribution in [0.5, 0.6) is 0 Å². The van der Waals surface area contributed by atoms with Gasteiger partial charge in [-0.15, -0.1) is 0 Å². The average molecular weight is 390 g/mol. The Morgan fingerprint density at radius 3 is 2.59 bits per heavy atom. The van der Waals surface area contributed by atoms with E-state index in [1.54, 1.807) is 31.2 Å². The molecule has 148 valence electrons. The minimum Gasteiger partial charge on any atom is -0.462 e. The molecule has 0 bridgehead atoms. The lowest BCUT2D eigenvalue weighted by molar-refractivity contribution is 0.0527.